The molecule has 1 aliphatic rings. The molecule has 3 N–H and O–H groups in total. The Balaban J connectivity index is 1.52. The zero-order valence-electron chi connectivity index (χ0n) is 15.5. The van der Waals surface area contributed by atoms with E-state index in [1.54, 1.807) is 42.5 Å². The van der Waals surface area contributed by atoms with Gasteiger partial charge in [-0.2, -0.15) is 0 Å². The molecule has 0 fully saturated rings. The zero-order valence-corrected chi connectivity index (χ0v) is 15.5. The first-order valence-electron chi connectivity index (χ1n) is 9.04. The highest BCUT2D eigenvalue weighted by Crippen LogP contribution is 2.24. The molecule has 0 radical (unpaired) electrons. The highest BCUT2D eigenvalue weighted by atomic mass is 16.2. The molecule has 28 heavy (non-hydrogen) atoms. The van der Waals surface area contributed by atoms with Gasteiger partial charge in [-0.3, -0.25) is 19.2 Å². The summed E-state index contributed by atoms with van der Waals surface area (Å²) < 4.78 is 0. The number of carbonyl (C=O) groups is 4. The lowest BCUT2D eigenvalue weighted by Gasteiger charge is -2.17. The average molecular weight is 379 g/mol. The third-order valence-electron chi connectivity index (χ3n) is 4.39. The summed E-state index contributed by atoms with van der Waals surface area (Å²) in [6, 6.07) is 11.9. The van der Waals surface area contributed by atoms with Crippen molar-refractivity contribution in [3.8, 4) is 0 Å². The molecule has 0 aromatic heterocycles. The van der Waals surface area contributed by atoms with Crippen LogP contribution in [0, 0.1) is 0 Å². The van der Waals surface area contributed by atoms with Gasteiger partial charge >= 0.3 is 0 Å². The molecule has 0 spiro atoms. The van der Waals surface area contributed by atoms with Crippen LogP contribution < -0.4 is 16.0 Å². The zero-order chi connectivity index (χ0) is 20.1. The molecular weight excluding hydrogens is 358 g/mol. The number of hydrogen-bond donors (Lipinski definition) is 3. The number of ketones is 1. The summed E-state index contributed by atoms with van der Waals surface area (Å²) in [6.07, 6.45) is 1.19. The molecule has 7 nitrogen and oxygen atoms in total. The predicted octanol–water partition coefficient (Wildman–Crippen LogP) is 3.13. The van der Waals surface area contributed by atoms with E-state index in [1.807, 2.05) is 0 Å². The second-order valence-electron chi connectivity index (χ2n) is 6.65. The van der Waals surface area contributed by atoms with E-state index in [9.17, 15) is 19.2 Å². The number of aryl methyl sites for hydroxylation is 1. The van der Waals surface area contributed by atoms with Gasteiger partial charge in [0.25, 0.3) is 0 Å². The molecule has 0 aliphatic carbocycles. The maximum atomic E-state index is 12.4. The molecule has 0 bridgehead atoms. The number of amides is 3. The lowest BCUT2D eigenvalue weighted by Crippen LogP contribution is -2.19. The van der Waals surface area contributed by atoms with Gasteiger partial charge in [0, 0.05) is 48.8 Å². The Bertz CT molecular complexity index is 935. The molecule has 2 aromatic rings. The number of anilines is 3. The molecule has 0 saturated carbocycles. The van der Waals surface area contributed by atoms with Gasteiger partial charge in [0.2, 0.25) is 17.7 Å². The Labute approximate surface area is 162 Å². The van der Waals surface area contributed by atoms with E-state index in [4.69, 9.17) is 0 Å². The van der Waals surface area contributed by atoms with Crippen LogP contribution in [0.4, 0.5) is 17.1 Å². The van der Waals surface area contributed by atoms with E-state index in [0.717, 1.165) is 11.3 Å². The average Bonchev–Trinajstić information content (AvgIpc) is 2.67. The van der Waals surface area contributed by atoms with E-state index in [-0.39, 0.29) is 36.3 Å². The fraction of sp³-hybridized carbons (Fsp3) is 0.238. The lowest BCUT2D eigenvalue weighted by atomic mass is 9.97. The topological polar surface area (TPSA) is 104 Å². The molecule has 0 saturated heterocycles. The maximum Gasteiger partial charge on any atom is 0.224 e. The Morgan fingerprint density at radius 3 is 2.29 bits per heavy atom. The largest absolute Gasteiger partial charge is 0.326 e. The van der Waals surface area contributed by atoms with Crippen molar-refractivity contribution in [1.29, 1.82) is 0 Å². The first kappa shape index (κ1) is 19.3. The number of fused-ring (bicyclic) bond motifs is 1. The van der Waals surface area contributed by atoms with Crippen LogP contribution >= 0.6 is 0 Å². The normalized spacial score (nSPS) is 12.5. The summed E-state index contributed by atoms with van der Waals surface area (Å²) in [5, 5.41) is 8.16. The van der Waals surface area contributed by atoms with Gasteiger partial charge in [-0.15, -0.1) is 0 Å². The molecule has 1 aliphatic heterocycles. The molecule has 7 heteroatoms. The van der Waals surface area contributed by atoms with Gasteiger partial charge in [-0.05, 0) is 54.4 Å². The van der Waals surface area contributed by atoms with Crippen LogP contribution in [0.2, 0.25) is 0 Å². The first-order chi connectivity index (χ1) is 13.4. The molecule has 3 amide bonds. The minimum atomic E-state index is -0.258. The number of rotatable bonds is 6. The second-order valence-corrected chi connectivity index (χ2v) is 6.65. The number of nitrogens with one attached hydrogen (secondary N) is 3. The van der Waals surface area contributed by atoms with Crippen LogP contribution in [0.1, 0.15) is 42.1 Å². The third-order valence-corrected chi connectivity index (χ3v) is 4.39. The number of Topliss-reactive ketones (excluding diaryl/α,β-unsaturated/α-hetero) is 1. The fourth-order valence-electron chi connectivity index (χ4n) is 2.99. The predicted molar refractivity (Wildman–Crippen MR) is 106 cm³/mol. The van der Waals surface area contributed by atoms with Crippen LogP contribution in [0.25, 0.3) is 0 Å². The fourth-order valence-corrected chi connectivity index (χ4v) is 2.99. The highest BCUT2D eigenvalue weighted by molar-refractivity contribution is 6.01. The Morgan fingerprint density at radius 1 is 0.929 bits per heavy atom. The van der Waals surface area contributed by atoms with Crippen molar-refractivity contribution in [2.45, 2.75) is 32.6 Å². The number of carbonyl (C=O) groups excluding carboxylic acids is 4. The van der Waals surface area contributed by atoms with Crippen LogP contribution in [0.5, 0.6) is 0 Å². The third kappa shape index (κ3) is 5.03. The molecule has 144 valence electrons. The summed E-state index contributed by atoms with van der Waals surface area (Å²) in [7, 11) is 0. The smallest absolute Gasteiger partial charge is 0.224 e. The van der Waals surface area contributed by atoms with E-state index in [2.05, 4.69) is 16.0 Å². The Hall–Kier alpha value is -3.48. The van der Waals surface area contributed by atoms with Crippen LogP contribution in [-0.2, 0) is 20.8 Å². The van der Waals surface area contributed by atoms with Crippen LogP contribution in [0.15, 0.2) is 42.5 Å². The van der Waals surface area contributed by atoms with Crippen LogP contribution in [-0.4, -0.2) is 23.5 Å². The Morgan fingerprint density at radius 2 is 1.61 bits per heavy atom. The van der Waals surface area contributed by atoms with E-state index in [1.165, 1.54) is 6.92 Å². The summed E-state index contributed by atoms with van der Waals surface area (Å²) >= 11 is 0. The first-order valence-corrected chi connectivity index (χ1v) is 9.04. The monoisotopic (exact) mass is 379 g/mol. The van der Waals surface area contributed by atoms with Gasteiger partial charge in [-0.25, -0.2) is 0 Å². The van der Waals surface area contributed by atoms with Crippen molar-refractivity contribution in [3.63, 3.8) is 0 Å². The lowest BCUT2D eigenvalue weighted by molar-refractivity contribution is -0.117. The van der Waals surface area contributed by atoms with Crippen molar-refractivity contribution in [1.82, 2.24) is 0 Å². The van der Waals surface area contributed by atoms with E-state index < -0.39 is 0 Å². The molecule has 3 rings (SSSR count). The quantitative estimate of drug-likeness (QED) is 0.671. The van der Waals surface area contributed by atoms with Crippen molar-refractivity contribution in [2.75, 3.05) is 16.0 Å². The van der Waals surface area contributed by atoms with Crippen molar-refractivity contribution >= 4 is 40.6 Å². The Kier molecular flexibility index (Phi) is 5.84. The summed E-state index contributed by atoms with van der Waals surface area (Å²) in [5.41, 5.74) is 3.46. The van der Waals surface area contributed by atoms with Gasteiger partial charge in [-0.1, -0.05) is 0 Å². The molecule has 2 aromatic carbocycles. The van der Waals surface area contributed by atoms with Crippen LogP contribution in [0.3, 0.4) is 0 Å². The van der Waals surface area contributed by atoms with Gasteiger partial charge < -0.3 is 16.0 Å². The molecule has 1 heterocycles. The van der Waals surface area contributed by atoms with Gasteiger partial charge in [0.15, 0.2) is 5.78 Å². The standard InChI is InChI=1S/C21H21N3O4/c1-13(25)22-16-4-6-17(7-5-16)23-20(27)11-9-19(26)15-2-8-18-14(12-15)3-10-21(28)24-18/h2,4-8,12H,3,9-11H2,1H3,(H,22,25)(H,23,27)(H,24,28). The second kappa shape index (κ2) is 8.47. The van der Waals surface area contributed by atoms with Gasteiger partial charge in [0.1, 0.15) is 0 Å². The summed E-state index contributed by atoms with van der Waals surface area (Å²) in [4.78, 5) is 46.9. The summed E-state index contributed by atoms with van der Waals surface area (Å²) in [6.45, 7) is 1.42. The number of hydrogen-bond acceptors (Lipinski definition) is 4. The molecular formula is C21H21N3O4. The summed E-state index contributed by atoms with van der Waals surface area (Å²) in [5.74, 6) is -0.560. The van der Waals surface area contributed by atoms with E-state index >= 15 is 0 Å². The van der Waals surface area contributed by atoms with Crippen molar-refractivity contribution in [2.24, 2.45) is 0 Å². The highest BCUT2D eigenvalue weighted by Gasteiger charge is 2.17. The molecule has 0 unspecified atom stereocenters. The van der Waals surface area contributed by atoms with E-state index in [0.29, 0.717) is 29.8 Å². The molecule has 0 atom stereocenters. The minimum Gasteiger partial charge on any atom is -0.326 e. The maximum absolute atomic E-state index is 12.4. The minimum absolute atomic E-state index is 0.0200. The number of benzene rings is 2. The SMILES string of the molecule is CC(=O)Nc1ccc(NC(=O)CCC(=O)c2ccc3c(c2)CCC(=O)N3)cc1. The van der Waals surface area contributed by atoms with Gasteiger partial charge in [0.05, 0.1) is 0 Å². The van der Waals surface area contributed by atoms with Crippen molar-refractivity contribution < 1.29 is 19.2 Å². The van der Waals surface area contributed by atoms with Crippen molar-refractivity contribution in [3.05, 3.63) is 53.6 Å².